The molecule has 176 valence electrons. The average Bonchev–Trinajstić information content (AvgIpc) is 2.86. The first-order valence-electron chi connectivity index (χ1n) is 10.7. The quantitative estimate of drug-likeness (QED) is 0.245. The molecule has 0 bridgehead atoms. The highest BCUT2D eigenvalue weighted by molar-refractivity contribution is 7.89. The molecule has 3 rings (SSSR count). The van der Waals surface area contributed by atoms with Crippen LogP contribution >= 0.6 is 0 Å². The van der Waals surface area contributed by atoms with Crippen molar-refractivity contribution >= 4 is 22.1 Å². The molecule has 3 aromatic carbocycles. The van der Waals surface area contributed by atoms with Gasteiger partial charge in [-0.15, -0.1) is 0 Å². The molecule has 7 nitrogen and oxygen atoms in total. The number of nitrogens with one attached hydrogen (secondary N) is 1. The zero-order valence-corrected chi connectivity index (χ0v) is 19.5. The Kier molecular flexibility index (Phi) is 9.13. The van der Waals surface area contributed by atoms with E-state index in [4.69, 9.17) is 4.74 Å². The minimum absolute atomic E-state index is 0.135. The van der Waals surface area contributed by atoms with Gasteiger partial charge in [0.1, 0.15) is 12.4 Å². The highest BCUT2D eigenvalue weighted by Crippen LogP contribution is 2.16. The van der Waals surface area contributed by atoms with Gasteiger partial charge in [-0.05, 0) is 41.8 Å². The topological polar surface area (TPSA) is 88.1 Å². The molecule has 0 radical (unpaired) electrons. The zero-order chi connectivity index (χ0) is 24.2. The lowest BCUT2D eigenvalue weighted by molar-refractivity contribution is -0.121. The number of hydrazone groups is 1. The molecular formula is C26H27N3O4S. The van der Waals surface area contributed by atoms with Gasteiger partial charge in [0.25, 0.3) is 5.91 Å². The summed E-state index contributed by atoms with van der Waals surface area (Å²) in [5, 5.41) is 3.97. The predicted molar refractivity (Wildman–Crippen MR) is 133 cm³/mol. The van der Waals surface area contributed by atoms with Gasteiger partial charge in [0.2, 0.25) is 10.0 Å². The van der Waals surface area contributed by atoms with Crippen LogP contribution in [-0.2, 0) is 21.2 Å². The summed E-state index contributed by atoms with van der Waals surface area (Å²) in [6.07, 6.45) is 3.59. The second kappa shape index (κ2) is 12.5. The Morgan fingerprint density at radius 3 is 2.41 bits per heavy atom. The Balaban J connectivity index is 1.68. The summed E-state index contributed by atoms with van der Waals surface area (Å²) in [5.41, 5.74) is 4.11. The highest BCUT2D eigenvalue weighted by atomic mass is 32.2. The van der Waals surface area contributed by atoms with E-state index in [1.165, 1.54) is 22.7 Å². The Labute approximate surface area is 200 Å². The van der Waals surface area contributed by atoms with E-state index in [9.17, 15) is 13.2 Å². The van der Waals surface area contributed by atoms with E-state index in [1.54, 1.807) is 42.5 Å². The Morgan fingerprint density at radius 1 is 1.00 bits per heavy atom. The normalized spacial score (nSPS) is 11.4. The first-order valence-corrected chi connectivity index (χ1v) is 12.2. The molecule has 1 N–H and O–H groups in total. The fraction of sp³-hybridized carbons (Fsp3) is 0.154. The number of benzene rings is 3. The van der Waals surface area contributed by atoms with Crippen LogP contribution in [0.1, 0.15) is 11.1 Å². The molecule has 0 fully saturated rings. The lowest BCUT2D eigenvalue weighted by atomic mass is 10.1. The van der Waals surface area contributed by atoms with Gasteiger partial charge in [0.05, 0.1) is 17.7 Å². The molecular weight excluding hydrogens is 450 g/mol. The molecule has 8 heteroatoms. The van der Waals surface area contributed by atoms with Gasteiger partial charge in [-0.2, -0.15) is 9.41 Å². The maximum Gasteiger partial charge on any atom is 0.255 e. The van der Waals surface area contributed by atoms with Crippen LogP contribution < -0.4 is 10.2 Å². The highest BCUT2D eigenvalue weighted by Gasteiger charge is 2.26. The van der Waals surface area contributed by atoms with E-state index in [2.05, 4.69) is 17.1 Å². The van der Waals surface area contributed by atoms with E-state index in [0.29, 0.717) is 18.8 Å². The summed E-state index contributed by atoms with van der Waals surface area (Å²) in [7, 11) is -3.86. The maximum absolute atomic E-state index is 13.2. The van der Waals surface area contributed by atoms with Gasteiger partial charge in [0, 0.05) is 6.54 Å². The molecule has 0 aliphatic rings. The number of rotatable bonds is 12. The van der Waals surface area contributed by atoms with Gasteiger partial charge in [-0.1, -0.05) is 73.3 Å². The molecule has 1 amide bonds. The van der Waals surface area contributed by atoms with Crippen LogP contribution in [0.2, 0.25) is 0 Å². The van der Waals surface area contributed by atoms with Crippen molar-refractivity contribution in [3.8, 4) is 5.75 Å². The van der Waals surface area contributed by atoms with Crippen LogP contribution in [0.15, 0.2) is 108 Å². The summed E-state index contributed by atoms with van der Waals surface area (Å²) in [4.78, 5) is 12.7. The summed E-state index contributed by atoms with van der Waals surface area (Å²) in [5.74, 6) is 0.110. The van der Waals surface area contributed by atoms with E-state index in [-0.39, 0.29) is 18.0 Å². The number of amides is 1. The van der Waals surface area contributed by atoms with Crippen LogP contribution in [0.3, 0.4) is 0 Å². The van der Waals surface area contributed by atoms with E-state index < -0.39 is 15.9 Å². The fourth-order valence-electron chi connectivity index (χ4n) is 3.14. The third kappa shape index (κ3) is 7.40. The van der Waals surface area contributed by atoms with Crippen LogP contribution in [0.25, 0.3) is 0 Å². The van der Waals surface area contributed by atoms with Crippen LogP contribution in [0.4, 0.5) is 0 Å². The summed E-state index contributed by atoms with van der Waals surface area (Å²) in [6.45, 7) is 3.79. The van der Waals surface area contributed by atoms with Gasteiger partial charge in [-0.25, -0.2) is 13.8 Å². The number of carbonyl (C=O) groups excluding carboxylic acids is 1. The van der Waals surface area contributed by atoms with Crippen LogP contribution in [-0.4, -0.2) is 44.5 Å². The minimum Gasteiger partial charge on any atom is -0.490 e. The standard InChI is InChI=1S/C26H27N3O4S/c1-2-18-33-24-13-9-12-23(19-24)20-27-28-26(30)21-29(17-16-22-10-5-3-6-11-22)34(31,32)25-14-7-4-8-15-25/h2-15,19-20H,1,16-18,21H2,(H,28,30)/b27-20-. The number of nitrogens with zero attached hydrogens (tertiary/aromatic N) is 2. The summed E-state index contributed by atoms with van der Waals surface area (Å²) >= 11 is 0. The second-order valence-electron chi connectivity index (χ2n) is 7.35. The molecule has 0 unspecified atom stereocenters. The SMILES string of the molecule is C=CCOc1cccc(/C=N\NC(=O)CN(CCc2ccccc2)S(=O)(=O)c2ccccc2)c1. The van der Waals surface area contributed by atoms with E-state index >= 15 is 0 Å². The van der Waals surface area contributed by atoms with Crippen molar-refractivity contribution < 1.29 is 17.9 Å². The van der Waals surface area contributed by atoms with Crippen molar-refractivity contribution in [2.45, 2.75) is 11.3 Å². The predicted octanol–water partition coefficient (Wildman–Crippen LogP) is 3.64. The van der Waals surface area contributed by atoms with E-state index in [1.807, 2.05) is 36.4 Å². The van der Waals surface area contributed by atoms with Gasteiger partial charge < -0.3 is 4.74 Å². The summed E-state index contributed by atoms with van der Waals surface area (Å²) in [6, 6.07) is 24.8. The van der Waals surface area contributed by atoms with Crippen molar-refractivity contribution in [1.82, 2.24) is 9.73 Å². The molecule has 0 heterocycles. The molecule has 34 heavy (non-hydrogen) atoms. The minimum atomic E-state index is -3.86. The lowest BCUT2D eigenvalue weighted by Crippen LogP contribution is -2.40. The molecule has 0 atom stereocenters. The molecule has 0 aliphatic carbocycles. The largest absolute Gasteiger partial charge is 0.490 e. The van der Waals surface area contributed by atoms with Crippen LogP contribution in [0.5, 0.6) is 5.75 Å². The zero-order valence-electron chi connectivity index (χ0n) is 18.7. The average molecular weight is 478 g/mol. The molecule has 3 aromatic rings. The smallest absolute Gasteiger partial charge is 0.255 e. The van der Waals surface area contributed by atoms with Gasteiger partial charge >= 0.3 is 0 Å². The fourth-order valence-corrected chi connectivity index (χ4v) is 4.56. The van der Waals surface area contributed by atoms with Crippen molar-refractivity contribution in [2.75, 3.05) is 19.7 Å². The van der Waals surface area contributed by atoms with Crippen molar-refractivity contribution in [1.29, 1.82) is 0 Å². The number of carbonyl (C=O) groups is 1. The van der Waals surface area contributed by atoms with Gasteiger partial charge in [-0.3, -0.25) is 4.79 Å². The van der Waals surface area contributed by atoms with Crippen molar-refractivity contribution in [3.63, 3.8) is 0 Å². The first kappa shape index (κ1) is 24.9. The Morgan fingerprint density at radius 2 is 1.71 bits per heavy atom. The van der Waals surface area contributed by atoms with Gasteiger partial charge in [0.15, 0.2) is 0 Å². The monoisotopic (exact) mass is 477 g/mol. The Bertz CT molecular complexity index is 1210. The molecule has 0 saturated heterocycles. The number of hydrogen-bond acceptors (Lipinski definition) is 5. The lowest BCUT2D eigenvalue weighted by Gasteiger charge is -2.21. The van der Waals surface area contributed by atoms with E-state index in [0.717, 1.165) is 11.1 Å². The molecule has 0 aliphatic heterocycles. The van der Waals surface area contributed by atoms with Crippen molar-refractivity contribution in [3.05, 3.63) is 109 Å². The molecule has 0 aromatic heterocycles. The van der Waals surface area contributed by atoms with Crippen LogP contribution in [0, 0.1) is 0 Å². The first-order chi connectivity index (χ1) is 16.5. The number of sulfonamides is 1. The number of ether oxygens (including phenoxy) is 1. The van der Waals surface area contributed by atoms with Crippen molar-refractivity contribution in [2.24, 2.45) is 5.10 Å². The third-order valence-electron chi connectivity index (χ3n) is 4.82. The maximum atomic E-state index is 13.2. The molecule has 0 spiro atoms. The second-order valence-corrected chi connectivity index (χ2v) is 9.29. The Hall–Kier alpha value is -3.75. The summed E-state index contributed by atoms with van der Waals surface area (Å²) < 4.78 is 33.0. The third-order valence-corrected chi connectivity index (χ3v) is 6.68. The molecule has 0 saturated carbocycles. The number of hydrogen-bond donors (Lipinski definition) is 1.